The van der Waals surface area contributed by atoms with Gasteiger partial charge in [0.2, 0.25) is 11.8 Å². The van der Waals surface area contributed by atoms with Gasteiger partial charge in [-0.3, -0.25) is 14.5 Å². The molecule has 8 nitrogen and oxygen atoms in total. The van der Waals surface area contributed by atoms with Gasteiger partial charge >= 0.3 is 6.36 Å². The Labute approximate surface area is 189 Å². The Morgan fingerprint density at radius 3 is 1.91 bits per heavy atom. The smallest absolute Gasteiger partial charge is 0.406 e. The average Bonchev–Trinajstić information content (AvgIpc) is 2.75. The normalized spacial score (nSPS) is 14.2. The second-order valence-electron chi connectivity index (χ2n) is 7.49. The Morgan fingerprint density at radius 2 is 1.42 bits per heavy atom. The van der Waals surface area contributed by atoms with E-state index in [-0.39, 0.29) is 24.7 Å². The molecule has 0 saturated carbocycles. The van der Waals surface area contributed by atoms with Gasteiger partial charge in [-0.1, -0.05) is 0 Å². The van der Waals surface area contributed by atoms with Crippen molar-refractivity contribution in [2.24, 2.45) is 0 Å². The number of nitrogens with one attached hydrogen (secondary N) is 2. The van der Waals surface area contributed by atoms with Gasteiger partial charge in [0, 0.05) is 30.2 Å². The molecule has 0 spiro atoms. The molecule has 0 radical (unpaired) electrons. The fourth-order valence-electron chi connectivity index (χ4n) is 3.26. The molecular weight excluding hydrogens is 441 g/mol. The van der Waals surface area contributed by atoms with Crippen LogP contribution in [-0.4, -0.2) is 69.5 Å². The first-order valence-corrected chi connectivity index (χ1v) is 10.2. The highest BCUT2D eigenvalue weighted by Crippen LogP contribution is 2.24. The molecule has 2 N–H and O–H groups in total. The standard InChI is InChI=1S/C22H25F3N4O4/c1-28(15-21(31)27-17-4-8-19(9-5-17)33-22(23,24)25)14-20(30)26-16-2-6-18(7-3-16)29-10-12-32-13-11-29/h2-9H,10-15H2,1H3,(H,26,30)(H,27,31). The molecule has 2 amide bonds. The van der Waals surface area contributed by atoms with Crippen molar-refractivity contribution < 1.29 is 32.2 Å². The van der Waals surface area contributed by atoms with Gasteiger partial charge in [-0.25, -0.2) is 0 Å². The molecule has 0 atom stereocenters. The van der Waals surface area contributed by atoms with E-state index in [1.54, 1.807) is 7.05 Å². The second-order valence-corrected chi connectivity index (χ2v) is 7.49. The number of benzene rings is 2. The number of alkyl halides is 3. The quantitative estimate of drug-likeness (QED) is 0.623. The third kappa shape index (κ3) is 8.28. The van der Waals surface area contributed by atoms with Crippen LogP contribution in [0, 0.1) is 0 Å². The van der Waals surface area contributed by atoms with Crippen LogP contribution in [0.5, 0.6) is 5.75 Å². The van der Waals surface area contributed by atoms with Crippen molar-refractivity contribution in [1.29, 1.82) is 0 Å². The molecule has 1 aliphatic rings. The third-order valence-electron chi connectivity index (χ3n) is 4.73. The first-order chi connectivity index (χ1) is 15.7. The van der Waals surface area contributed by atoms with Crippen LogP contribution < -0.4 is 20.3 Å². The summed E-state index contributed by atoms with van der Waals surface area (Å²) in [6.45, 7) is 2.93. The van der Waals surface area contributed by atoms with Gasteiger partial charge in [0.1, 0.15) is 5.75 Å². The summed E-state index contributed by atoms with van der Waals surface area (Å²) in [4.78, 5) is 28.2. The van der Waals surface area contributed by atoms with E-state index in [1.807, 2.05) is 24.3 Å². The summed E-state index contributed by atoms with van der Waals surface area (Å²) >= 11 is 0. The highest BCUT2D eigenvalue weighted by atomic mass is 19.4. The topological polar surface area (TPSA) is 83.1 Å². The second kappa shape index (κ2) is 11.0. The molecule has 0 aliphatic carbocycles. The maximum absolute atomic E-state index is 12.3. The summed E-state index contributed by atoms with van der Waals surface area (Å²) in [6.07, 6.45) is -4.78. The van der Waals surface area contributed by atoms with E-state index >= 15 is 0 Å². The van der Waals surface area contributed by atoms with Gasteiger partial charge < -0.3 is 25.0 Å². The molecule has 3 rings (SSSR count). The number of carbonyl (C=O) groups excluding carboxylic acids is 2. The van der Waals surface area contributed by atoms with Crippen molar-refractivity contribution in [3.8, 4) is 5.75 Å². The number of ether oxygens (including phenoxy) is 2. The first kappa shape index (κ1) is 24.3. The Morgan fingerprint density at radius 1 is 0.939 bits per heavy atom. The van der Waals surface area contributed by atoms with Crippen LogP contribution in [0.4, 0.5) is 30.2 Å². The summed E-state index contributed by atoms with van der Waals surface area (Å²) < 4.78 is 45.7. The van der Waals surface area contributed by atoms with E-state index in [0.29, 0.717) is 24.6 Å². The molecule has 1 saturated heterocycles. The summed E-state index contributed by atoms with van der Waals surface area (Å²) in [6, 6.07) is 12.3. The molecule has 1 fully saturated rings. The lowest BCUT2D eigenvalue weighted by Gasteiger charge is -2.28. The summed E-state index contributed by atoms with van der Waals surface area (Å²) in [7, 11) is 1.61. The van der Waals surface area contributed by atoms with Crippen LogP contribution >= 0.6 is 0 Å². The van der Waals surface area contributed by atoms with E-state index < -0.39 is 12.3 Å². The van der Waals surface area contributed by atoms with Gasteiger partial charge in [0.05, 0.1) is 26.3 Å². The molecule has 2 aromatic rings. The zero-order valence-corrected chi connectivity index (χ0v) is 18.0. The molecule has 2 aromatic carbocycles. The van der Waals surface area contributed by atoms with Crippen molar-refractivity contribution in [3.63, 3.8) is 0 Å². The highest BCUT2D eigenvalue weighted by Gasteiger charge is 2.31. The van der Waals surface area contributed by atoms with Crippen molar-refractivity contribution in [3.05, 3.63) is 48.5 Å². The zero-order valence-electron chi connectivity index (χ0n) is 18.0. The van der Waals surface area contributed by atoms with Crippen LogP contribution in [-0.2, 0) is 14.3 Å². The molecule has 33 heavy (non-hydrogen) atoms. The third-order valence-corrected chi connectivity index (χ3v) is 4.73. The van der Waals surface area contributed by atoms with Crippen LogP contribution in [0.25, 0.3) is 0 Å². The van der Waals surface area contributed by atoms with E-state index in [4.69, 9.17) is 4.74 Å². The monoisotopic (exact) mass is 466 g/mol. The average molecular weight is 466 g/mol. The number of rotatable bonds is 8. The lowest BCUT2D eigenvalue weighted by molar-refractivity contribution is -0.274. The number of likely N-dealkylation sites (N-methyl/N-ethyl adjacent to an activating group) is 1. The number of nitrogens with zero attached hydrogens (tertiary/aromatic N) is 2. The van der Waals surface area contributed by atoms with Gasteiger partial charge in [-0.15, -0.1) is 13.2 Å². The fourth-order valence-corrected chi connectivity index (χ4v) is 3.26. The molecule has 11 heteroatoms. The minimum absolute atomic E-state index is 0.0169. The number of halogens is 3. The first-order valence-electron chi connectivity index (χ1n) is 10.2. The molecule has 1 aliphatic heterocycles. The largest absolute Gasteiger partial charge is 0.573 e. The summed E-state index contributed by atoms with van der Waals surface area (Å²) in [5.74, 6) is -1.07. The predicted octanol–water partition coefficient (Wildman–Crippen LogP) is 2.93. The molecule has 178 valence electrons. The lowest BCUT2D eigenvalue weighted by Crippen LogP contribution is -2.36. The molecule has 0 unspecified atom stereocenters. The number of morpholine rings is 1. The Balaban J connectivity index is 1.41. The van der Waals surface area contributed by atoms with Gasteiger partial charge in [0.15, 0.2) is 0 Å². The molecule has 1 heterocycles. The van der Waals surface area contributed by atoms with Crippen LogP contribution in [0.1, 0.15) is 0 Å². The van der Waals surface area contributed by atoms with E-state index in [1.165, 1.54) is 17.0 Å². The van der Waals surface area contributed by atoms with E-state index in [9.17, 15) is 22.8 Å². The van der Waals surface area contributed by atoms with E-state index in [2.05, 4.69) is 20.3 Å². The van der Waals surface area contributed by atoms with Gasteiger partial charge in [0.25, 0.3) is 0 Å². The fraction of sp³-hybridized carbons (Fsp3) is 0.364. The van der Waals surface area contributed by atoms with Crippen LogP contribution in [0.3, 0.4) is 0 Å². The SMILES string of the molecule is CN(CC(=O)Nc1ccc(OC(F)(F)F)cc1)CC(=O)Nc1ccc(N2CCOCC2)cc1. The van der Waals surface area contributed by atoms with Gasteiger partial charge in [-0.2, -0.15) is 0 Å². The van der Waals surface area contributed by atoms with Crippen molar-refractivity contribution in [1.82, 2.24) is 4.90 Å². The maximum Gasteiger partial charge on any atom is 0.573 e. The zero-order chi connectivity index (χ0) is 23.8. The number of anilines is 3. The predicted molar refractivity (Wildman–Crippen MR) is 117 cm³/mol. The van der Waals surface area contributed by atoms with Crippen molar-refractivity contribution in [2.45, 2.75) is 6.36 Å². The Bertz CT molecular complexity index is 930. The summed E-state index contributed by atoms with van der Waals surface area (Å²) in [5, 5.41) is 5.35. The van der Waals surface area contributed by atoms with Crippen LogP contribution in [0.15, 0.2) is 48.5 Å². The molecular formula is C22H25F3N4O4. The van der Waals surface area contributed by atoms with Crippen molar-refractivity contribution >= 4 is 28.9 Å². The van der Waals surface area contributed by atoms with Gasteiger partial charge in [-0.05, 0) is 55.6 Å². The number of hydrogen-bond acceptors (Lipinski definition) is 6. The molecule has 0 aromatic heterocycles. The highest BCUT2D eigenvalue weighted by molar-refractivity contribution is 5.94. The Kier molecular flexibility index (Phi) is 8.12. The molecule has 0 bridgehead atoms. The number of hydrogen-bond donors (Lipinski definition) is 2. The number of carbonyl (C=O) groups is 2. The van der Waals surface area contributed by atoms with Crippen molar-refractivity contribution in [2.75, 3.05) is 62.0 Å². The summed E-state index contributed by atoms with van der Waals surface area (Å²) in [5.41, 5.74) is 2.02. The maximum atomic E-state index is 12.3. The Hall–Kier alpha value is -3.31. The minimum atomic E-state index is -4.78. The lowest BCUT2D eigenvalue weighted by atomic mass is 10.2. The van der Waals surface area contributed by atoms with E-state index in [0.717, 1.165) is 30.9 Å². The minimum Gasteiger partial charge on any atom is -0.406 e. The number of amides is 2. The van der Waals surface area contributed by atoms with Crippen LogP contribution in [0.2, 0.25) is 0 Å².